The molecule has 88 valence electrons. The zero-order valence-electron chi connectivity index (χ0n) is 9.67. The third-order valence-corrected chi connectivity index (χ3v) is 4.58. The van der Waals surface area contributed by atoms with Crippen LogP contribution in [0.2, 0.25) is 0 Å². The van der Waals surface area contributed by atoms with Gasteiger partial charge in [-0.05, 0) is 17.5 Å². The molecule has 2 atom stereocenters. The molecule has 0 N–H and O–H groups in total. The smallest absolute Gasteiger partial charge is 0.207 e. The SMILES string of the molecule is CC(C)(C)[C@@H]1O[C@H]1S(=O)(=O)c1ccccc1. The lowest BCUT2D eigenvalue weighted by molar-refractivity contribution is 0.264. The molecular weight excluding hydrogens is 224 g/mol. The van der Waals surface area contributed by atoms with E-state index in [1.807, 2.05) is 20.8 Å². The van der Waals surface area contributed by atoms with Crippen LogP contribution in [0.25, 0.3) is 0 Å². The molecule has 1 heterocycles. The number of hydrogen-bond acceptors (Lipinski definition) is 3. The Morgan fingerprint density at radius 3 is 2.12 bits per heavy atom. The minimum atomic E-state index is -3.32. The Morgan fingerprint density at radius 1 is 1.12 bits per heavy atom. The average Bonchev–Trinajstić information content (AvgIpc) is 2.98. The van der Waals surface area contributed by atoms with Gasteiger partial charge in [0.2, 0.25) is 9.84 Å². The van der Waals surface area contributed by atoms with Crippen LogP contribution in [0.4, 0.5) is 0 Å². The summed E-state index contributed by atoms with van der Waals surface area (Å²) < 4.78 is 29.6. The zero-order chi connectivity index (χ0) is 12.0. The van der Waals surface area contributed by atoms with Crippen LogP contribution >= 0.6 is 0 Å². The van der Waals surface area contributed by atoms with Crippen molar-refractivity contribution in [1.82, 2.24) is 0 Å². The maximum absolute atomic E-state index is 12.1. The summed E-state index contributed by atoms with van der Waals surface area (Å²) in [5, 5.41) is 0. The molecule has 1 aromatic rings. The number of hydrogen-bond donors (Lipinski definition) is 0. The first-order chi connectivity index (χ1) is 7.33. The van der Waals surface area contributed by atoms with Crippen LogP contribution in [0.3, 0.4) is 0 Å². The van der Waals surface area contributed by atoms with E-state index in [1.165, 1.54) is 0 Å². The van der Waals surface area contributed by atoms with E-state index >= 15 is 0 Å². The van der Waals surface area contributed by atoms with Crippen molar-refractivity contribution < 1.29 is 13.2 Å². The topological polar surface area (TPSA) is 46.7 Å². The number of benzene rings is 1. The summed E-state index contributed by atoms with van der Waals surface area (Å²) in [5.74, 6) is 0. The van der Waals surface area contributed by atoms with Gasteiger partial charge in [0.25, 0.3) is 0 Å². The third-order valence-electron chi connectivity index (χ3n) is 2.68. The van der Waals surface area contributed by atoms with Gasteiger partial charge in [0.1, 0.15) is 6.10 Å². The lowest BCUT2D eigenvalue weighted by atomic mass is 9.93. The molecule has 2 rings (SSSR count). The first-order valence-corrected chi connectivity index (χ1v) is 6.82. The molecule has 1 aliphatic heterocycles. The Hall–Kier alpha value is -0.870. The maximum Gasteiger partial charge on any atom is 0.207 e. The fourth-order valence-corrected chi connectivity index (χ4v) is 3.50. The van der Waals surface area contributed by atoms with Crippen LogP contribution in [0, 0.1) is 5.41 Å². The van der Waals surface area contributed by atoms with E-state index in [0.717, 1.165) is 0 Å². The predicted molar refractivity (Wildman–Crippen MR) is 61.7 cm³/mol. The molecule has 1 fully saturated rings. The Balaban J connectivity index is 2.25. The molecule has 0 aliphatic carbocycles. The fraction of sp³-hybridized carbons (Fsp3) is 0.500. The van der Waals surface area contributed by atoms with Crippen molar-refractivity contribution in [3.63, 3.8) is 0 Å². The second-order valence-electron chi connectivity index (χ2n) is 5.15. The van der Waals surface area contributed by atoms with E-state index in [-0.39, 0.29) is 11.5 Å². The fourth-order valence-electron chi connectivity index (χ4n) is 1.69. The van der Waals surface area contributed by atoms with E-state index in [1.54, 1.807) is 30.3 Å². The van der Waals surface area contributed by atoms with Crippen LogP contribution in [-0.4, -0.2) is 20.0 Å². The number of sulfone groups is 1. The normalized spacial score (nSPS) is 25.4. The zero-order valence-corrected chi connectivity index (χ0v) is 10.5. The number of ether oxygens (including phenoxy) is 1. The summed E-state index contributed by atoms with van der Waals surface area (Å²) >= 11 is 0. The molecule has 16 heavy (non-hydrogen) atoms. The lowest BCUT2D eigenvalue weighted by Crippen LogP contribution is -2.21. The molecule has 0 amide bonds. The van der Waals surface area contributed by atoms with Gasteiger partial charge in [0, 0.05) is 0 Å². The van der Waals surface area contributed by atoms with Crippen LogP contribution in [-0.2, 0) is 14.6 Å². The highest BCUT2D eigenvalue weighted by Crippen LogP contribution is 2.42. The number of rotatable bonds is 2. The highest BCUT2D eigenvalue weighted by molar-refractivity contribution is 7.92. The van der Waals surface area contributed by atoms with E-state index in [4.69, 9.17) is 4.74 Å². The molecule has 1 aromatic carbocycles. The van der Waals surface area contributed by atoms with Crippen molar-refractivity contribution in [2.45, 2.75) is 37.2 Å². The first kappa shape index (κ1) is 11.6. The van der Waals surface area contributed by atoms with Gasteiger partial charge >= 0.3 is 0 Å². The summed E-state index contributed by atoms with van der Waals surface area (Å²) in [6.07, 6.45) is -0.197. The Morgan fingerprint density at radius 2 is 1.69 bits per heavy atom. The molecule has 0 saturated carbocycles. The molecule has 0 unspecified atom stereocenters. The number of epoxide rings is 1. The molecule has 0 spiro atoms. The molecule has 0 aromatic heterocycles. The highest BCUT2D eigenvalue weighted by atomic mass is 32.2. The van der Waals surface area contributed by atoms with Gasteiger partial charge in [0.15, 0.2) is 5.44 Å². The maximum atomic E-state index is 12.1. The van der Waals surface area contributed by atoms with Crippen molar-refractivity contribution in [2.75, 3.05) is 0 Å². The van der Waals surface area contributed by atoms with Gasteiger partial charge in [-0.1, -0.05) is 39.0 Å². The summed E-state index contributed by atoms with van der Waals surface area (Å²) in [7, 11) is -3.32. The lowest BCUT2D eigenvalue weighted by Gasteiger charge is -2.14. The van der Waals surface area contributed by atoms with Crippen LogP contribution in [0.5, 0.6) is 0 Å². The summed E-state index contributed by atoms with van der Waals surface area (Å²) in [6.45, 7) is 5.95. The average molecular weight is 240 g/mol. The standard InChI is InChI=1S/C12H16O3S/c1-12(2,3)10-11(15-10)16(13,14)9-7-5-4-6-8-9/h4-8,10-11H,1-3H3/t10-,11+/m1/s1. The predicted octanol–water partition coefficient (Wildman–Crippen LogP) is 2.23. The Labute approximate surface area is 96.4 Å². The van der Waals surface area contributed by atoms with Gasteiger partial charge in [-0.25, -0.2) is 8.42 Å². The first-order valence-electron chi connectivity index (χ1n) is 5.28. The quantitative estimate of drug-likeness (QED) is 0.745. The van der Waals surface area contributed by atoms with E-state index in [2.05, 4.69) is 0 Å². The van der Waals surface area contributed by atoms with Crippen LogP contribution in [0.15, 0.2) is 35.2 Å². The van der Waals surface area contributed by atoms with Crippen LogP contribution in [0.1, 0.15) is 20.8 Å². The molecule has 4 heteroatoms. The Kier molecular flexibility index (Phi) is 2.59. The van der Waals surface area contributed by atoms with Crippen molar-refractivity contribution in [3.8, 4) is 0 Å². The van der Waals surface area contributed by atoms with Gasteiger partial charge in [0.05, 0.1) is 4.90 Å². The second kappa shape index (κ2) is 3.57. The molecule has 0 radical (unpaired) electrons. The molecule has 1 saturated heterocycles. The van der Waals surface area contributed by atoms with Gasteiger partial charge in [-0.2, -0.15) is 0 Å². The third kappa shape index (κ3) is 1.99. The molecule has 3 nitrogen and oxygen atoms in total. The summed E-state index contributed by atoms with van der Waals surface area (Å²) in [5.41, 5.74) is -0.804. The van der Waals surface area contributed by atoms with Gasteiger partial charge in [-0.15, -0.1) is 0 Å². The second-order valence-corrected chi connectivity index (χ2v) is 7.18. The molecular formula is C12H16O3S. The summed E-state index contributed by atoms with van der Waals surface area (Å²) in [4.78, 5) is 0.340. The minimum absolute atomic E-state index is 0.132. The van der Waals surface area contributed by atoms with Crippen molar-refractivity contribution in [2.24, 2.45) is 5.41 Å². The van der Waals surface area contributed by atoms with Crippen molar-refractivity contribution in [3.05, 3.63) is 30.3 Å². The van der Waals surface area contributed by atoms with E-state index in [0.29, 0.717) is 4.90 Å². The van der Waals surface area contributed by atoms with Gasteiger partial charge < -0.3 is 4.74 Å². The minimum Gasteiger partial charge on any atom is -0.351 e. The highest BCUT2D eigenvalue weighted by Gasteiger charge is 2.55. The van der Waals surface area contributed by atoms with E-state index in [9.17, 15) is 8.42 Å². The van der Waals surface area contributed by atoms with Crippen molar-refractivity contribution >= 4 is 9.84 Å². The van der Waals surface area contributed by atoms with E-state index < -0.39 is 15.3 Å². The monoisotopic (exact) mass is 240 g/mol. The van der Waals surface area contributed by atoms with Crippen molar-refractivity contribution in [1.29, 1.82) is 0 Å². The summed E-state index contributed by atoms with van der Waals surface area (Å²) in [6, 6.07) is 8.46. The largest absolute Gasteiger partial charge is 0.351 e. The molecule has 1 aliphatic rings. The Bertz CT molecular complexity index is 471. The molecule has 0 bridgehead atoms. The van der Waals surface area contributed by atoms with Crippen LogP contribution < -0.4 is 0 Å². The van der Waals surface area contributed by atoms with Gasteiger partial charge in [-0.3, -0.25) is 0 Å².